The largest absolute Gasteiger partial charge is 0.493 e. The Hall–Kier alpha value is -3.81. The highest BCUT2D eigenvalue weighted by Gasteiger charge is 2.36. The van der Waals surface area contributed by atoms with Gasteiger partial charge in [-0.25, -0.2) is 5.01 Å². The number of hydrazone groups is 1. The highest BCUT2D eigenvalue weighted by Crippen LogP contribution is 2.33. The van der Waals surface area contributed by atoms with Gasteiger partial charge < -0.3 is 18.3 Å². The first-order valence-electron chi connectivity index (χ1n) is 9.51. The molecule has 0 N–H and O–H groups in total. The molecule has 2 aromatic heterocycles. The second-order valence-corrected chi connectivity index (χ2v) is 6.57. The number of ether oxygens (including phenoxy) is 2. The highest BCUT2D eigenvalue weighted by molar-refractivity contribution is 6.01. The molecule has 8 nitrogen and oxygen atoms in total. The zero-order chi connectivity index (χ0) is 20.8. The van der Waals surface area contributed by atoms with Crippen molar-refractivity contribution in [2.45, 2.75) is 18.9 Å². The van der Waals surface area contributed by atoms with Crippen molar-refractivity contribution in [3.05, 3.63) is 78.6 Å². The Balaban J connectivity index is 1.33. The molecule has 1 aliphatic rings. The molecule has 0 fully saturated rings. The van der Waals surface area contributed by atoms with Gasteiger partial charge in [0.25, 0.3) is 5.91 Å². The van der Waals surface area contributed by atoms with Crippen molar-refractivity contribution in [3.8, 4) is 5.75 Å². The average molecular weight is 408 g/mol. The minimum Gasteiger partial charge on any atom is -0.493 e. The summed E-state index contributed by atoms with van der Waals surface area (Å²) >= 11 is 0. The van der Waals surface area contributed by atoms with Gasteiger partial charge in [-0.05, 0) is 36.4 Å². The first kappa shape index (κ1) is 19.5. The third kappa shape index (κ3) is 4.60. The second-order valence-electron chi connectivity index (χ2n) is 6.57. The van der Waals surface area contributed by atoms with Gasteiger partial charge in [0.05, 0.1) is 25.6 Å². The lowest BCUT2D eigenvalue weighted by Gasteiger charge is -2.19. The Morgan fingerprint density at radius 2 is 1.83 bits per heavy atom. The number of amides is 1. The number of furan rings is 2. The Bertz CT molecular complexity index is 996. The van der Waals surface area contributed by atoms with E-state index < -0.39 is 24.5 Å². The fourth-order valence-electron chi connectivity index (χ4n) is 3.08. The molecule has 0 bridgehead atoms. The molecule has 1 aliphatic heterocycles. The van der Waals surface area contributed by atoms with Crippen LogP contribution in [0.2, 0.25) is 0 Å². The van der Waals surface area contributed by atoms with Crippen LogP contribution in [0.15, 0.2) is 81.1 Å². The average Bonchev–Trinajstić information content (AvgIpc) is 3.53. The predicted octanol–water partition coefficient (Wildman–Crippen LogP) is 3.56. The van der Waals surface area contributed by atoms with Crippen LogP contribution in [0, 0.1) is 0 Å². The fraction of sp³-hybridized carbons (Fsp3) is 0.227. The first-order chi connectivity index (χ1) is 14.7. The zero-order valence-corrected chi connectivity index (χ0v) is 16.1. The molecule has 1 aromatic carbocycles. The summed E-state index contributed by atoms with van der Waals surface area (Å²) in [5.41, 5.74) is 0.623. The van der Waals surface area contributed by atoms with E-state index in [1.165, 1.54) is 11.3 Å². The van der Waals surface area contributed by atoms with E-state index in [2.05, 4.69) is 5.10 Å². The molecular weight excluding hydrogens is 388 g/mol. The molecule has 30 heavy (non-hydrogen) atoms. The third-order valence-electron chi connectivity index (χ3n) is 4.52. The van der Waals surface area contributed by atoms with E-state index in [9.17, 15) is 9.59 Å². The lowest BCUT2D eigenvalue weighted by Crippen LogP contribution is -2.31. The molecule has 0 spiro atoms. The van der Waals surface area contributed by atoms with Crippen LogP contribution >= 0.6 is 0 Å². The standard InChI is InChI=1S/C22H20N2O6/c25-21(15-30-22(26)10-13-27-16-6-2-1-3-7-16)24-18(20-9-5-12-29-20)14-17(23-24)19-8-4-11-28-19/h1-9,11-12,18H,10,13-15H2. The number of hydrogen-bond acceptors (Lipinski definition) is 7. The maximum Gasteiger partial charge on any atom is 0.309 e. The van der Waals surface area contributed by atoms with E-state index in [0.717, 1.165) is 0 Å². The van der Waals surface area contributed by atoms with E-state index in [1.807, 2.05) is 18.2 Å². The van der Waals surface area contributed by atoms with Crippen molar-refractivity contribution in [1.82, 2.24) is 5.01 Å². The van der Waals surface area contributed by atoms with Crippen LogP contribution in [0.3, 0.4) is 0 Å². The molecule has 1 amide bonds. The minimum atomic E-state index is -0.525. The summed E-state index contributed by atoms with van der Waals surface area (Å²) in [5.74, 6) is 0.867. The molecule has 3 aromatic rings. The number of carbonyl (C=O) groups is 2. The maximum absolute atomic E-state index is 12.7. The van der Waals surface area contributed by atoms with Crippen molar-refractivity contribution < 1.29 is 27.9 Å². The number of para-hydroxylation sites is 1. The quantitative estimate of drug-likeness (QED) is 0.529. The Morgan fingerprint density at radius 3 is 2.57 bits per heavy atom. The number of hydrogen-bond donors (Lipinski definition) is 0. The third-order valence-corrected chi connectivity index (χ3v) is 4.52. The summed E-state index contributed by atoms with van der Waals surface area (Å²) < 4.78 is 21.4. The molecule has 8 heteroatoms. The molecule has 0 saturated carbocycles. The SMILES string of the molecule is O=C(CCOc1ccccc1)OCC(=O)N1N=C(c2ccco2)CC1c1ccco1. The lowest BCUT2D eigenvalue weighted by molar-refractivity contribution is -0.153. The van der Waals surface area contributed by atoms with Gasteiger partial charge in [0.2, 0.25) is 0 Å². The second kappa shape index (κ2) is 9.13. The molecule has 4 rings (SSSR count). The smallest absolute Gasteiger partial charge is 0.309 e. The normalized spacial score (nSPS) is 15.7. The number of esters is 1. The van der Waals surface area contributed by atoms with Crippen molar-refractivity contribution in [1.29, 1.82) is 0 Å². The fourth-order valence-corrected chi connectivity index (χ4v) is 3.08. The van der Waals surface area contributed by atoms with Crippen LogP contribution in [-0.2, 0) is 14.3 Å². The maximum atomic E-state index is 12.7. The molecular formula is C22H20N2O6. The highest BCUT2D eigenvalue weighted by atomic mass is 16.5. The zero-order valence-electron chi connectivity index (χ0n) is 16.1. The molecule has 154 valence electrons. The van der Waals surface area contributed by atoms with Crippen LogP contribution in [-0.4, -0.2) is 35.8 Å². The van der Waals surface area contributed by atoms with E-state index >= 15 is 0 Å². The lowest BCUT2D eigenvalue weighted by atomic mass is 10.1. The van der Waals surface area contributed by atoms with E-state index in [0.29, 0.717) is 29.4 Å². The molecule has 0 radical (unpaired) electrons. The summed E-state index contributed by atoms with van der Waals surface area (Å²) in [5, 5.41) is 5.66. The number of rotatable bonds is 8. The van der Waals surface area contributed by atoms with Gasteiger partial charge in [-0.3, -0.25) is 9.59 Å². The van der Waals surface area contributed by atoms with Gasteiger partial charge >= 0.3 is 5.97 Å². The van der Waals surface area contributed by atoms with Crippen molar-refractivity contribution in [2.24, 2.45) is 5.10 Å². The van der Waals surface area contributed by atoms with Crippen molar-refractivity contribution in [2.75, 3.05) is 13.2 Å². The topological polar surface area (TPSA) is 94.5 Å². The molecule has 3 heterocycles. The summed E-state index contributed by atoms with van der Waals surface area (Å²) in [7, 11) is 0. The van der Waals surface area contributed by atoms with E-state index in [-0.39, 0.29) is 13.0 Å². The molecule has 0 aliphatic carbocycles. The van der Waals surface area contributed by atoms with Crippen LogP contribution < -0.4 is 4.74 Å². The van der Waals surface area contributed by atoms with E-state index in [1.54, 1.807) is 42.7 Å². The summed E-state index contributed by atoms with van der Waals surface area (Å²) in [6, 6.07) is 15.8. The predicted molar refractivity (Wildman–Crippen MR) is 106 cm³/mol. The van der Waals surface area contributed by atoms with Crippen molar-refractivity contribution in [3.63, 3.8) is 0 Å². The Labute approximate surface area is 172 Å². The number of benzene rings is 1. The molecule has 1 unspecified atom stereocenters. The molecule has 1 atom stereocenters. The van der Waals surface area contributed by atoms with Crippen molar-refractivity contribution >= 4 is 17.6 Å². The van der Waals surface area contributed by atoms with Gasteiger partial charge in [-0.1, -0.05) is 18.2 Å². The monoisotopic (exact) mass is 408 g/mol. The van der Waals surface area contributed by atoms with Crippen LogP contribution in [0.25, 0.3) is 0 Å². The minimum absolute atomic E-state index is 0.0324. The first-order valence-corrected chi connectivity index (χ1v) is 9.51. The number of carbonyl (C=O) groups excluding carboxylic acids is 2. The molecule has 0 saturated heterocycles. The van der Waals surface area contributed by atoms with Gasteiger partial charge in [0, 0.05) is 6.42 Å². The van der Waals surface area contributed by atoms with Gasteiger partial charge in [-0.15, -0.1) is 0 Å². The summed E-state index contributed by atoms with van der Waals surface area (Å²) in [4.78, 5) is 24.7. The van der Waals surface area contributed by atoms with E-state index in [4.69, 9.17) is 18.3 Å². The Morgan fingerprint density at radius 1 is 1.03 bits per heavy atom. The summed E-state index contributed by atoms with van der Waals surface area (Å²) in [6.45, 7) is -0.257. The van der Waals surface area contributed by atoms with Crippen LogP contribution in [0.4, 0.5) is 0 Å². The summed E-state index contributed by atoms with van der Waals surface area (Å²) in [6.07, 6.45) is 3.55. The van der Waals surface area contributed by atoms with Gasteiger partial charge in [-0.2, -0.15) is 5.10 Å². The van der Waals surface area contributed by atoms with Gasteiger partial charge in [0.1, 0.15) is 29.0 Å². The van der Waals surface area contributed by atoms with Crippen LogP contribution in [0.1, 0.15) is 30.4 Å². The number of nitrogens with zero attached hydrogens (tertiary/aromatic N) is 2. The van der Waals surface area contributed by atoms with Gasteiger partial charge in [0.15, 0.2) is 6.61 Å². The van der Waals surface area contributed by atoms with Crippen LogP contribution in [0.5, 0.6) is 5.75 Å². The Kier molecular flexibility index (Phi) is 5.93.